The van der Waals surface area contributed by atoms with E-state index in [9.17, 15) is 9.59 Å². The van der Waals surface area contributed by atoms with Crippen molar-refractivity contribution < 1.29 is 19.1 Å². The molecule has 0 saturated carbocycles. The van der Waals surface area contributed by atoms with Crippen molar-refractivity contribution >= 4 is 17.7 Å². The van der Waals surface area contributed by atoms with Gasteiger partial charge in [-0.15, -0.1) is 0 Å². The van der Waals surface area contributed by atoms with Crippen LogP contribution in [0.15, 0.2) is 12.4 Å². The Morgan fingerprint density at radius 1 is 1.30 bits per heavy atom. The number of nitrogens with zero attached hydrogens (tertiary/aromatic N) is 3. The summed E-state index contributed by atoms with van der Waals surface area (Å²) in [4.78, 5) is 26.6. The van der Waals surface area contributed by atoms with Crippen LogP contribution in [0, 0.1) is 5.92 Å². The molecule has 0 aromatic carbocycles. The third kappa shape index (κ3) is 5.45. The first-order valence-corrected chi connectivity index (χ1v) is 9.72. The van der Waals surface area contributed by atoms with Crippen LogP contribution in [0.4, 0.5) is 10.5 Å². The zero-order chi connectivity index (χ0) is 19.4. The lowest BCUT2D eigenvalue weighted by atomic mass is 10.0. The van der Waals surface area contributed by atoms with Gasteiger partial charge in [0.1, 0.15) is 11.6 Å². The van der Waals surface area contributed by atoms with Gasteiger partial charge >= 0.3 is 6.09 Å². The average Bonchev–Trinajstić information content (AvgIpc) is 3.23. The normalized spacial score (nSPS) is 21.3. The molecule has 2 saturated heterocycles. The Morgan fingerprint density at radius 2 is 2.04 bits per heavy atom. The fourth-order valence-electron chi connectivity index (χ4n) is 3.53. The van der Waals surface area contributed by atoms with Crippen LogP contribution in [0.25, 0.3) is 0 Å². The molecule has 0 aliphatic carbocycles. The molecule has 150 valence electrons. The molecule has 2 fully saturated rings. The van der Waals surface area contributed by atoms with Gasteiger partial charge in [-0.3, -0.25) is 14.4 Å². The van der Waals surface area contributed by atoms with Gasteiger partial charge in [-0.25, -0.2) is 4.79 Å². The molecule has 3 rings (SSSR count). The summed E-state index contributed by atoms with van der Waals surface area (Å²) in [5, 5.41) is 7.24. The summed E-state index contributed by atoms with van der Waals surface area (Å²) in [5.74, 6) is 0.365. The first-order valence-electron chi connectivity index (χ1n) is 9.72. The summed E-state index contributed by atoms with van der Waals surface area (Å²) in [6.45, 7) is 8.44. The van der Waals surface area contributed by atoms with Crippen molar-refractivity contribution in [3.63, 3.8) is 0 Å². The zero-order valence-electron chi connectivity index (χ0n) is 16.4. The number of hydrogen-bond donors (Lipinski definition) is 1. The molecule has 1 atom stereocenters. The summed E-state index contributed by atoms with van der Waals surface area (Å²) in [5.41, 5.74) is 0.0783. The molecule has 8 heteroatoms. The number of aromatic nitrogens is 2. The quantitative estimate of drug-likeness (QED) is 0.870. The van der Waals surface area contributed by atoms with Crippen LogP contribution in [0.1, 0.15) is 46.5 Å². The minimum atomic E-state index is -0.577. The van der Waals surface area contributed by atoms with Gasteiger partial charge in [0.2, 0.25) is 5.91 Å². The summed E-state index contributed by atoms with van der Waals surface area (Å²) in [6.07, 6.45) is 6.57. The number of amides is 2. The summed E-state index contributed by atoms with van der Waals surface area (Å²) >= 11 is 0. The van der Waals surface area contributed by atoms with Gasteiger partial charge in [0.15, 0.2) is 0 Å². The number of rotatable bonds is 4. The van der Waals surface area contributed by atoms with Crippen molar-refractivity contribution in [1.29, 1.82) is 0 Å². The molecule has 2 aliphatic heterocycles. The van der Waals surface area contributed by atoms with Crippen molar-refractivity contribution in [3.8, 4) is 0 Å². The Hall–Kier alpha value is -2.09. The van der Waals surface area contributed by atoms with E-state index in [0.29, 0.717) is 24.6 Å². The molecule has 27 heavy (non-hydrogen) atoms. The van der Waals surface area contributed by atoms with Crippen molar-refractivity contribution in [2.75, 3.05) is 25.1 Å². The van der Waals surface area contributed by atoms with Gasteiger partial charge in [0.25, 0.3) is 0 Å². The number of nitrogens with one attached hydrogen (secondary N) is 1. The number of carbonyl (C=O) groups excluding carboxylic acids is 2. The van der Waals surface area contributed by atoms with Crippen LogP contribution in [-0.2, 0) is 20.8 Å². The molecule has 2 aliphatic rings. The second kappa shape index (κ2) is 8.29. The Kier molecular flexibility index (Phi) is 6.04. The molecule has 0 radical (unpaired) electrons. The predicted molar refractivity (Wildman–Crippen MR) is 100 cm³/mol. The first kappa shape index (κ1) is 19.7. The second-order valence-electron chi connectivity index (χ2n) is 8.33. The summed E-state index contributed by atoms with van der Waals surface area (Å²) < 4.78 is 12.7. The standard InChI is InChI=1S/C19H30N4O4/c1-19(2,3)27-18(25)23-8-4-5-16(23)17(24)21-15-11-20-22(13-15)12-14-6-9-26-10-7-14/h11,13-14,16H,4-10,12H2,1-3H3,(H,21,24)/t16-/m1/s1. The number of hydrogen-bond acceptors (Lipinski definition) is 5. The van der Waals surface area contributed by atoms with E-state index in [0.717, 1.165) is 39.0 Å². The Morgan fingerprint density at radius 3 is 2.74 bits per heavy atom. The lowest BCUT2D eigenvalue weighted by molar-refractivity contribution is -0.120. The molecule has 1 aromatic heterocycles. The van der Waals surface area contributed by atoms with Gasteiger partial charge in [0, 0.05) is 32.5 Å². The van der Waals surface area contributed by atoms with Crippen LogP contribution < -0.4 is 5.32 Å². The monoisotopic (exact) mass is 378 g/mol. The summed E-state index contributed by atoms with van der Waals surface area (Å²) in [7, 11) is 0. The SMILES string of the molecule is CC(C)(C)OC(=O)N1CCC[C@@H]1C(=O)Nc1cnn(CC2CCOCC2)c1. The highest BCUT2D eigenvalue weighted by atomic mass is 16.6. The second-order valence-corrected chi connectivity index (χ2v) is 8.33. The number of ether oxygens (including phenoxy) is 2. The molecule has 3 heterocycles. The maximum absolute atomic E-state index is 12.7. The highest BCUT2D eigenvalue weighted by Crippen LogP contribution is 2.23. The fraction of sp³-hybridized carbons (Fsp3) is 0.737. The molecule has 8 nitrogen and oxygen atoms in total. The van der Waals surface area contributed by atoms with E-state index in [2.05, 4.69) is 10.4 Å². The number of likely N-dealkylation sites (tertiary alicyclic amines) is 1. The Balaban J connectivity index is 1.55. The smallest absolute Gasteiger partial charge is 0.410 e. The molecular formula is C19H30N4O4. The Bertz CT molecular complexity index is 661. The van der Waals surface area contributed by atoms with Gasteiger partial charge in [0.05, 0.1) is 11.9 Å². The molecular weight excluding hydrogens is 348 g/mol. The van der Waals surface area contributed by atoms with Crippen molar-refractivity contribution in [1.82, 2.24) is 14.7 Å². The van der Waals surface area contributed by atoms with Crippen LogP contribution in [0.2, 0.25) is 0 Å². The lowest BCUT2D eigenvalue weighted by Gasteiger charge is -2.27. The third-order valence-corrected chi connectivity index (χ3v) is 4.87. The van der Waals surface area contributed by atoms with E-state index in [1.54, 1.807) is 6.20 Å². The van der Waals surface area contributed by atoms with E-state index in [-0.39, 0.29) is 5.91 Å². The van der Waals surface area contributed by atoms with Crippen LogP contribution in [-0.4, -0.2) is 58.1 Å². The van der Waals surface area contributed by atoms with Crippen LogP contribution in [0.5, 0.6) is 0 Å². The maximum atomic E-state index is 12.7. The zero-order valence-corrected chi connectivity index (χ0v) is 16.4. The van der Waals surface area contributed by atoms with Gasteiger partial charge in [-0.1, -0.05) is 0 Å². The molecule has 2 amide bonds. The highest BCUT2D eigenvalue weighted by molar-refractivity contribution is 5.96. The molecule has 0 spiro atoms. The fourth-order valence-corrected chi connectivity index (χ4v) is 3.53. The van der Waals surface area contributed by atoms with Crippen molar-refractivity contribution in [3.05, 3.63) is 12.4 Å². The van der Waals surface area contributed by atoms with E-state index >= 15 is 0 Å². The van der Waals surface area contributed by atoms with Gasteiger partial charge in [-0.05, 0) is 52.4 Å². The number of carbonyl (C=O) groups is 2. The largest absolute Gasteiger partial charge is 0.444 e. The van der Waals surface area contributed by atoms with Crippen LogP contribution >= 0.6 is 0 Å². The van der Waals surface area contributed by atoms with Crippen molar-refractivity contribution in [2.45, 2.75) is 64.6 Å². The summed E-state index contributed by atoms with van der Waals surface area (Å²) in [6, 6.07) is -0.501. The average molecular weight is 378 g/mol. The third-order valence-electron chi connectivity index (χ3n) is 4.87. The topological polar surface area (TPSA) is 85.7 Å². The van der Waals surface area contributed by atoms with Crippen molar-refractivity contribution in [2.24, 2.45) is 5.92 Å². The minimum Gasteiger partial charge on any atom is -0.444 e. The van der Waals surface area contributed by atoms with Gasteiger partial charge in [-0.2, -0.15) is 5.10 Å². The predicted octanol–water partition coefficient (Wildman–Crippen LogP) is 2.65. The molecule has 1 N–H and O–H groups in total. The minimum absolute atomic E-state index is 0.191. The Labute approximate surface area is 160 Å². The molecule has 1 aromatic rings. The lowest BCUT2D eigenvalue weighted by Crippen LogP contribution is -2.45. The number of anilines is 1. The highest BCUT2D eigenvalue weighted by Gasteiger charge is 2.36. The van der Waals surface area contributed by atoms with E-state index in [4.69, 9.17) is 9.47 Å². The maximum Gasteiger partial charge on any atom is 0.410 e. The first-order chi connectivity index (χ1) is 12.8. The van der Waals surface area contributed by atoms with E-state index in [1.807, 2.05) is 31.6 Å². The van der Waals surface area contributed by atoms with E-state index in [1.165, 1.54) is 4.90 Å². The van der Waals surface area contributed by atoms with Gasteiger partial charge < -0.3 is 14.8 Å². The van der Waals surface area contributed by atoms with Crippen LogP contribution in [0.3, 0.4) is 0 Å². The van der Waals surface area contributed by atoms with E-state index < -0.39 is 17.7 Å². The molecule has 0 bridgehead atoms. The molecule has 0 unspecified atom stereocenters.